The lowest BCUT2D eigenvalue weighted by Gasteiger charge is -2.12. The Morgan fingerprint density at radius 2 is 1.96 bits per heavy atom. The van der Waals surface area contributed by atoms with Gasteiger partial charge in [0.2, 0.25) is 0 Å². The van der Waals surface area contributed by atoms with Crippen molar-refractivity contribution in [2.45, 2.75) is 24.7 Å². The monoisotopic (exact) mass is 392 g/mol. The molecule has 2 heterocycles. The van der Waals surface area contributed by atoms with E-state index in [1.165, 1.54) is 22.3 Å². The van der Waals surface area contributed by atoms with E-state index in [1.807, 2.05) is 0 Å². The van der Waals surface area contributed by atoms with Gasteiger partial charge in [-0.1, -0.05) is 29.8 Å². The highest BCUT2D eigenvalue weighted by molar-refractivity contribution is 7.90. The first-order valence-electron chi connectivity index (χ1n) is 8.06. The van der Waals surface area contributed by atoms with Crippen LogP contribution < -0.4 is 0 Å². The van der Waals surface area contributed by atoms with Crippen LogP contribution in [0.2, 0.25) is 5.15 Å². The zero-order chi connectivity index (χ0) is 18.7. The summed E-state index contributed by atoms with van der Waals surface area (Å²) in [6.45, 7) is 2.00. The fourth-order valence-electron chi connectivity index (χ4n) is 2.75. The van der Waals surface area contributed by atoms with Gasteiger partial charge >= 0.3 is 5.97 Å². The zero-order valence-corrected chi connectivity index (χ0v) is 15.6. The van der Waals surface area contributed by atoms with Gasteiger partial charge in [-0.3, -0.25) is 4.79 Å². The van der Waals surface area contributed by atoms with E-state index in [0.717, 1.165) is 0 Å². The van der Waals surface area contributed by atoms with Crippen molar-refractivity contribution in [3.05, 3.63) is 59.5 Å². The van der Waals surface area contributed by atoms with Crippen LogP contribution in [0.3, 0.4) is 0 Å². The summed E-state index contributed by atoms with van der Waals surface area (Å²) in [5.74, 6) is -0.384. The number of hydrogen-bond donors (Lipinski definition) is 0. The molecule has 0 bridgehead atoms. The van der Waals surface area contributed by atoms with Crippen LogP contribution in [0.25, 0.3) is 10.9 Å². The van der Waals surface area contributed by atoms with Crippen molar-refractivity contribution < 1.29 is 17.9 Å². The second-order valence-electron chi connectivity index (χ2n) is 5.56. The van der Waals surface area contributed by atoms with Crippen molar-refractivity contribution in [2.24, 2.45) is 0 Å². The number of halogens is 1. The molecule has 0 N–H and O–H groups in total. The molecule has 3 rings (SSSR count). The summed E-state index contributed by atoms with van der Waals surface area (Å²) in [5.41, 5.74) is 0.875. The van der Waals surface area contributed by atoms with Crippen molar-refractivity contribution in [2.75, 3.05) is 6.61 Å². The van der Waals surface area contributed by atoms with Gasteiger partial charge in [0.25, 0.3) is 10.0 Å². The van der Waals surface area contributed by atoms with Crippen LogP contribution in [0.15, 0.2) is 53.6 Å². The third-order valence-corrected chi connectivity index (χ3v) is 5.96. The van der Waals surface area contributed by atoms with Gasteiger partial charge in [-0.15, -0.1) is 0 Å². The number of ether oxygens (including phenoxy) is 1. The molecule has 1 aromatic carbocycles. The number of aryl methyl sites for hydroxylation is 1. The number of rotatable bonds is 6. The van der Waals surface area contributed by atoms with Crippen LogP contribution in [0.4, 0.5) is 0 Å². The van der Waals surface area contributed by atoms with Crippen LogP contribution in [0.1, 0.15) is 19.0 Å². The van der Waals surface area contributed by atoms with E-state index in [1.54, 1.807) is 37.3 Å². The smallest absolute Gasteiger partial charge is 0.306 e. The van der Waals surface area contributed by atoms with Gasteiger partial charge in [-0.05, 0) is 37.6 Å². The molecule has 0 spiro atoms. The van der Waals surface area contributed by atoms with Gasteiger partial charge in [-0.2, -0.15) is 0 Å². The van der Waals surface area contributed by atoms with E-state index in [0.29, 0.717) is 16.6 Å². The first-order chi connectivity index (χ1) is 12.4. The number of nitrogens with zero attached hydrogens (tertiary/aromatic N) is 2. The number of esters is 1. The van der Waals surface area contributed by atoms with Gasteiger partial charge in [-0.25, -0.2) is 17.4 Å². The Kier molecular flexibility index (Phi) is 5.29. The summed E-state index contributed by atoms with van der Waals surface area (Å²) in [5, 5.41) is 0.731. The molecular formula is C18H17ClN2O4S. The maximum absolute atomic E-state index is 13.2. The fourth-order valence-corrected chi connectivity index (χ4v) is 4.54. The molecule has 0 radical (unpaired) electrons. The number of fused-ring (bicyclic) bond motifs is 1. The Labute approximate surface area is 156 Å². The van der Waals surface area contributed by atoms with Crippen LogP contribution in [0.5, 0.6) is 0 Å². The van der Waals surface area contributed by atoms with Crippen molar-refractivity contribution in [3.63, 3.8) is 0 Å². The van der Waals surface area contributed by atoms with Gasteiger partial charge in [0, 0.05) is 17.3 Å². The standard InChI is InChI=1S/C18H17ClN2O4S/c1-2-25-17(22)9-8-13-12-15-16(10-11-20-18(15)19)21(13)26(23,24)14-6-4-3-5-7-14/h3-7,10-12H,2,8-9H2,1H3. The third kappa shape index (κ3) is 3.45. The number of pyridine rings is 1. The summed E-state index contributed by atoms with van der Waals surface area (Å²) in [6, 6.07) is 11.4. The highest BCUT2D eigenvalue weighted by atomic mass is 35.5. The molecule has 0 amide bonds. The minimum atomic E-state index is -3.85. The van der Waals surface area contributed by atoms with E-state index in [-0.39, 0.29) is 35.5 Å². The van der Waals surface area contributed by atoms with Crippen LogP contribution in [-0.4, -0.2) is 30.0 Å². The lowest BCUT2D eigenvalue weighted by atomic mass is 10.2. The topological polar surface area (TPSA) is 78.3 Å². The van der Waals surface area contributed by atoms with Gasteiger partial charge < -0.3 is 4.74 Å². The quantitative estimate of drug-likeness (QED) is 0.474. The summed E-state index contributed by atoms with van der Waals surface area (Å²) in [4.78, 5) is 15.9. The molecule has 0 aliphatic heterocycles. The van der Waals surface area contributed by atoms with Crippen molar-refractivity contribution in [3.8, 4) is 0 Å². The van der Waals surface area contributed by atoms with E-state index in [4.69, 9.17) is 16.3 Å². The first kappa shape index (κ1) is 18.4. The normalized spacial score (nSPS) is 11.6. The molecule has 0 saturated carbocycles. The zero-order valence-electron chi connectivity index (χ0n) is 14.1. The summed E-state index contributed by atoms with van der Waals surface area (Å²) >= 11 is 6.14. The Balaban J connectivity index is 2.14. The van der Waals surface area contributed by atoms with E-state index in [2.05, 4.69) is 4.98 Å². The second-order valence-corrected chi connectivity index (χ2v) is 7.70. The maximum Gasteiger partial charge on any atom is 0.306 e. The Hall–Kier alpha value is -2.38. The Morgan fingerprint density at radius 1 is 1.23 bits per heavy atom. The van der Waals surface area contributed by atoms with Gasteiger partial charge in [0.1, 0.15) is 5.15 Å². The maximum atomic E-state index is 13.2. The average molecular weight is 393 g/mol. The van der Waals surface area contributed by atoms with Crippen LogP contribution >= 0.6 is 11.6 Å². The summed E-state index contributed by atoms with van der Waals surface area (Å²) < 4.78 is 32.6. The molecule has 26 heavy (non-hydrogen) atoms. The van der Waals surface area contributed by atoms with Crippen molar-refractivity contribution in [1.82, 2.24) is 8.96 Å². The number of carbonyl (C=O) groups excluding carboxylic acids is 1. The molecule has 136 valence electrons. The number of aromatic nitrogens is 2. The largest absolute Gasteiger partial charge is 0.466 e. The molecule has 3 aromatic rings. The minimum absolute atomic E-state index is 0.0690. The molecule has 0 atom stereocenters. The highest BCUT2D eigenvalue weighted by Gasteiger charge is 2.24. The van der Waals surface area contributed by atoms with Crippen LogP contribution in [0, 0.1) is 0 Å². The number of hydrogen-bond acceptors (Lipinski definition) is 5. The molecule has 0 fully saturated rings. The predicted octanol–water partition coefficient (Wildman–Crippen LogP) is 3.42. The molecule has 2 aromatic heterocycles. The third-order valence-electron chi connectivity index (χ3n) is 3.88. The lowest BCUT2D eigenvalue weighted by Crippen LogP contribution is -2.16. The van der Waals surface area contributed by atoms with E-state index >= 15 is 0 Å². The second kappa shape index (κ2) is 7.47. The van der Waals surface area contributed by atoms with Gasteiger partial charge in [0.05, 0.1) is 23.4 Å². The fraction of sp³-hybridized carbons (Fsp3) is 0.222. The van der Waals surface area contributed by atoms with E-state index < -0.39 is 10.0 Å². The average Bonchev–Trinajstić information content (AvgIpc) is 3.02. The van der Waals surface area contributed by atoms with Crippen molar-refractivity contribution in [1.29, 1.82) is 0 Å². The number of benzene rings is 1. The predicted molar refractivity (Wildman–Crippen MR) is 98.7 cm³/mol. The molecule has 0 saturated heterocycles. The number of carbonyl (C=O) groups is 1. The van der Waals surface area contributed by atoms with E-state index in [9.17, 15) is 13.2 Å². The molecule has 0 aliphatic rings. The molecule has 0 aliphatic carbocycles. The molecule has 8 heteroatoms. The Morgan fingerprint density at radius 3 is 2.65 bits per heavy atom. The summed E-state index contributed by atoms with van der Waals surface area (Å²) in [7, 11) is -3.85. The van der Waals surface area contributed by atoms with Gasteiger partial charge in [0.15, 0.2) is 0 Å². The van der Waals surface area contributed by atoms with Crippen LogP contribution in [-0.2, 0) is 26.0 Å². The highest BCUT2D eigenvalue weighted by Crippen LogP contribution is 2.29. The molecular weight excluding hydrogens is 376 g/mol. The first-order valence-corrected chi connectivity index (χ1v) is 9.88. The van der Waals surface area contributed by atoms with Crippen molar-refractivity contribution >= 4 is 38.5 Å². The Bertz CT molecular complexity index is 1050. The minimum Gasteiger partial charge on any atom is -0.466 e. The molecule has 0 unspecified atom stereocenters. The summed E-state index contributed by atoms with van der Waals surface area (Å²) in [6.07, 6.45) is 1.73. The SMILES string of the molecule is CCOC(=O)CCc1cc2c(Cl)nccc2n1S(=O)(=O)c1ccccc1. The molecule has 6 nitrogen and oxygen atoms in total. The lowest BCUT2D eigenvalue weighted by molar-refractivity contribution is -0.143.